The van der Waals surface area contributed by atoms with Crippen LogP contribution in [0.1, 0.15) is 44.6 Å². The number of aryl methyl sites for hydroxylation is 1. The monoisotopic (exact) mass is 416 g/mol. The first-order valence-corrected chi connectivity index (χ1v) is 11.2. The Bertz CT molecular complexity index is 1300. The summed E-state index contributed by atoms with van der Waals surface area (Å²) in [5.74, 6) is 1.69. The molecule has 1 saturated carbocycles. The number of imidazole rings is 1. The van der Waals surface area contributed by atoms with Crippen LogP contribution in [0.15, 0.2) is 47.4 Å². The van der Waals surface area contributed by atoms with Gasteiger partial charge in [-0.15, -0.1) is 0 Å². The van der Waals surface area contributed by atoms with Crippen LogP contribution in [0, 0.1) is 6.92 Å². The molecule has 0 saturated heterocycles. The van der Waals surface area contributed by atoms with Crippen molar-refractivity contribution >= 4 is 22.4 Å². The van der Waals surface area contributed by atoms with E-state index in [0.717, 1.165) is 46.5 Å². The Morgan fingerprint density at radius 3 is 2.84 bits per heavy atom. The predicted molar refractivity (Wildman–Crippen MR) is 125 cm³/mol. The first-order chi connectivity index (χ1) is 15.1. The largest absolute Gasteiger partial charge is 0.494 e. The molecule has 0 atom stereocenters. The van der Waals surface area contributed by atoms with Crippen molar-refractivity contribution in [2.75, 3.05) is 11.9 Å². The number of aromatic nitrogens is 3. The Kier molecular flexibility index (Phi) is 5.14. The number of hydrogen-bond acceptors (Lipinski definition) is 4. The van der Waals surface area contributed by atoms with Crippen LogP contribution in [0.2, 0.25) is 0 Å². The molecule has 0 radical (unpaired) electrons. The molecule has 3 heterocycles. The van der Waals surface area contributed by atoms with E-state index in [-0.39, 0.29) is 5.56 Å². The van der Waals surface area contributed by atoms with E-state index >= 15 is 0 Å². The third-order valence-corrected chi connectivity index (χ3v) is 6.17. The summed E-state index contributed by atoms with van der Waals surface area (Å²) in [6, 6.07) is 12.1. The molecule has 6 heteroatoms. The molecule has 0 unspecified atom stereocenters. The van der Waals surface area contributed by atoms with Crippen LogP contribution < -0.4 is 15.6 Å². The number of hydrogen-bond donors (Lipinski definition) is 2. The minimum Gasteiger partial charge on any atom is -0.494 e. The third-order valence-electron chi connectivity index (χ3n) is 6.17. The SMILES string of the molecule is CCOc1ccc2[nH]c(=O)c(-c3nc4c(C)cccn4c3NC3CCCCC3)cc2c1. The minimum atomic E-state index is -0.135. The summed E-state index contributed by atoms with van der Waals surface area (Å²) in [7, 11) is 0. The molecule has 5 rings (SSSR count). The fraction of sp³-hybridized carbons (Fsp3) is 0.360. The maximum atomic E-state index is 13.1. The van der Waals surface area contributed by atoms with Gasteiger partial charge in [0.2, 0.25) is 0 Å². The molecule has 0 aliphatic heterocycles. The lowest BCUT2D eigenvalue weighted by Gasteiger charge is -2.24. The van der Waals surface area contributed by atoms with Crippen LogP contribution in [0.3, 0.4) is 0 Å². The van der Waals surface area contributed by atoms with Crippen LogP contribution in [0.4, 0.5) is 5.82 Å². The maximum Gasteiger partial charge on any atom is 0.258 e. The molecular weight excluding hydrogens is 388 g/mol. The van der Waals surface area contributed by atoms with Crippen molar-refractivity contribution in [2.24, 2.45) is 0 Å². The van der Waals surface area contributed by atoms with Crippen LogP contribution in [0.25, 0.3) is 27.8 Å². The molecule has 1 aliphatic carbocycles. The lowest BCUT2D eigenvalue weighted by atomic mass is 9.95. The van der Waals surface area contributed by atoms with Gasteiger partial charge in [-0.3, -0.25) is 9.20 Å². The Morgan fingerprint density at radius 1 is 1.19 bits per heavy atom. The van der Waals surface area contributed by atoms with Gasteiger partial charge in [0, 0.05) is 23.1 Å². The Labute approximate surface area is 181 Å². The Morgan fingerprint density at radius 2 is 2.03 bits per heavy atom. The second kappa shape index (κ2) is 8.10. The van der Waals surface area contributed by atoms with Gasteiger partial charge >= 0.3 is 0 Å². The highest BCUT2D eigenvalue weighted by molar-refractivity contribution is 5.87. The molecule has 2 N–H and O–H groups in total. The number of nitrogens with one attached hydrogen (secondary N) is 2. The van der Waals surface area contributed by atoms with Crippen LogP contribution >= 0.6 is 0 Å². The lowest BCUT2D eigenvalue weighted by molar-refractivity contribution is 0.340. The first-order valence-electron chi connectivity index (χ1n) is 11.2. The van der Waals surface area contributed by atoms with Crippen molar-refractivity contribution in [3.05, 3.63) is 58.5 Å². The number of rotatable bonds is 5. The minimum absolute atomic E-state index is 0.135. The number of aromatic amines is 1. The van der Waals surface area contributed by atoms with E-state index in [0.29, 0.717) is 23.9 Å². The topological polar surface area (TPSA) is 71.4 Å². The molecule has 31 heavy (non-hydrogen) atoms. The second-order valence-corrected chi connectivity index (χ2v) is 8.37. The number of fused-ring (bicyclic) bond motifs is 2. The summed E-state index contributed by atoms with van der Waals surface area (Å²) in [6.07, 6.45) is 8.07. The zero-order valence-corrected chi connectivity index (χ0v) is 18.1. The average Bonchev–Trinajstić information content (AvgIpc) is 3.14. The number of nitrogens with zero attached hydrogens (tertiary/aromatic N) is 2. The van der Waals surface area contributed by atoms with Crippen molar-refractivity contribution in [2.45, 2.75) is 52.0 Å². The fourth-order valence-electron chi connectivity index (χ4n) is 4.59. The third kappa shape index (κ3) is 3.67. The van der Waals surface area contributed by atoms with E-state index in [1.165, 1.54) is 19.3 Å². The van der Waals surface area contributed by atoms with Crippen molar-refractivity contribution in [1.82, 2.24) is 14.4 Å². The number of ether oxygens (including phenoxy) is 1. The Hall–Kier alpha value is -3.28. The molecule has 160 valence electrons. The van der Waals surface area contributed by atoms with Crippen LogP contribution in [-0.2, 0) is 0 Å². The molecule has 1 aliphatic rings. The number of pyridine rings is 2. The van der Waals surface area contributed by atoms with Crippen LogP contribution in [-0.4, -0.2) is 27.0 Å². The highest BCUT2D eigenvalue weighted by Crippen LogP contribution is 2.32. The second-order valence-electron chi connectivity index (χ2n) is 8.37. The quantitative estimate of drug-likeness (QED) is 0.463. The molecule has 6 nitrogen and oxygen atoms in total. The standard InChI is InChI=1S/C25H28N4O2/c1-3-31-19-11-12-21-17(14-19)15-20(25(30)27-21)22-24(26-18-9-5-4-6-10-18)29-13-7-8-16(2)23(29)28-22/h7-8,11-15,18,26H,3-6,9-10H2,1-2H3,(H,27,30). The van der Waals surface area contributed by atoms with Gasteiger partial charge in [-0.05, 0) is 62.6 Å². The summed E-state index contributed by atoms with van der Waals surface area (Å²) in [6.45, 7) is 4.61. The van der Waals surface area contributed by atoms with E-state index in [1.807, 2.05) is 43.5 Å². The van der Waals surface area contributed by atoms with Gasteiger partial charge in [0.15, 0.2) is 0 Å². The van der Waals surface area contributed by atoms with E-state index in [4.69, 9.17) is 9.72 Å². The summed E-state index contributed by atoms with van der Waals surface area (Å²) < 4.78 is 7.74. The van der Waals surface area contributed by atoms with Gasteiger partial charge < -0.3 is 15.0 Å². The molecule has 3 aromatic heterocycles. The highest BCUT2D eigenvalue weighted by atomic mass is 16.5. The van der Waals surface area contributed by atoms with Gasteiger partial charge in [0.1, 0.15) is 22.9 Å². The highest BCUT2D eigenvalue weighted by Gasteiger charge is 2.22. The van der Waals surface area contributed by atoms with Crippen molar-refractivity contribution in [3.8, 4) is 17.0 Å². The van der Waals surface area contributed by atoms with Gasteiger partial charge in [0.05, 0.1) is 12.2 Å². The van der Waals surface area contributed by atoms with E-state index in [1.54, 1.807) is 0 Å². The summed E-state index contributed by atoms with van der Waals surface area (Å²) in [5.41, 5.74) is 3.88. The fourth-order valence-corrected chi connectivity index (χ4v) is 4.59. The first kappa shape index (κ1) is 19.7. The summed E-state index contributed by atoms with van der Waals surface area (Å²) >= 11 is 0. The smallest absolute Gasteiger partial charge is 0.258 e. The predicted octanol–water partition coefficient (Wildman–Crippen LogP) is 5.29. The van der Waals surface area contributed by atoms with Gasteiger partial charge in [0.25, 0.3) is 5.56 Å². The zero-order chi connectivity index (χ0) is 21.4. The summed E-state index contributed by atoms with van der Waals surface area (Å²) in [4.78, 5) is 21.0. The van der Waals surface area contributed by atoms with Gasteiger partial charge in [-0.25, -0.2) is 4.98 Å². The number of anilines is 1. The van der Waals surface area contributed by atoms with Gasteiger partial charge in [-0.1, -0.05) is 25.3 Å². The zero-order valence-electron chi connectivity index (χ0n) is 18.1. The van der Waals surface area contributed by atoms with E-state index in [9.17, 15) is 4.79 Å². The molecule has 0 amide bonds. The number of H-pyrrole nitrogens is 1. The van der Waals surface area contributed by atoms with Crippen molar-refractivity contribution in [1.29, 1.82) is 0 Å². The van der Waals surface area contributed by atoms with E-state index < -0.39 is 0 Å². The Balaban J connectivity index is 1.68. The maximum absolute atomic E-state index is 13.1. The molecular formula is C25H28N4O2. The van der Waals surface area contributed by atoms with Crippen molar-refractivity contribution in [3.63, 3.8) is 0 Å². The molecule has 0 bridgehead atoms. The molecule has 0 spiro atoms. The van der Waals surface area contributed by atoms with Crippen molar-refractivity contribution < 1.29 is 4.74 Å². The number of benzene rings is 1. The molecule has 4 aromatic rings. The summed E-state index contributed by atoms with van der Waals surface area (Å²) in [5, 5.41) is 4.66. The molecule has 1 aromatic carbocycles. The lowest BCUT2D eigenvalue weighted by Crippen LogP contribution is -2.23. The van der Waals surface area contributed by atoms with Crippen LogP contribution in [0.5, 0.6) is 5.75 Å². The average molecular weight is 417 g/mol. The van der Waals surface area contributed by atoms with E-state index in [2.05, 4.69) is 27.7 Å². The normalized spacial score (nSPS) is 14.9. The molecule has 1 fully saturated rings. The van der Waals surface area contributed by atoms with Gasteiger partial charge in [-0.2, -0.15) is 0 Å².